The van der Waals surface area contributed by atoms with Crippen LogP contribution in [0.1, 0.15) is 39.3 Å². The van der Waals surface area contributed by atoms with Crippen LogP contribution in [0.2, 0.25) is 0 Å². The van der Waals surface area contributed by atoms with Crippen LogP contribution in [-0.2, 0) is 6.98 Å². The summed E-state index contributed by atoms with van der Waals surface area (Å²) in [5.74, 6) is 0.631. The SMILES string of the molecule is [2H]C([2H])([2H])n1cc(-c2ccc3nnc(NC(=O)c4coc(C5CCNCC5)n4)cc3c2)cn1. The largest absolute Gasteiger partial charge is 0.448 e. The molecule has 9 heteroatoms. The molecular formula is C21H21N7O2. The van der Waals surface area contributed by atoms with Crippen LogP contribution < -0.4 is 10.6 Å². The quantitative estimate of drug-likeness (QED) is 0.536. The first-order valence-corrected chi connectivity index (χ1v) is 9.67. The zero-order valence-electron chi connectivity index (χ0n) is 19.0. The summed E-state index contributed by atoms with van der Waals surface area (Å²) < 4.78 is 28.9. The van der Waals surface area contributed by atoms with Crippen LogP contribution in [0.3, 0.4) is 0 Å². The molecule has 0 aliphatic carbocycles. The second-order valence-corrected chi connectivity index (χ2v) is 7.23. The molecule has 9 nitrogen and oxygen atoms in total. The zero-order valence-corrected chi connectivity index (χ0v) is 16.0. The average Bonchev–Trinajstić information content (AvgIpc) is 3.49. The van der Waals surface area contributed by atoms with Gasteiger partial charge in [0.25, 0.3) is 5.91 Å². The number of nitrogens with one attached hydrogen (secondary N) is 2. The predicted octanol–water partition coefficient (Wildman–Crippen LogP) is 2.74. The van der Waals surface area contributed by atoms with E-state index in [9.17, 15) is 4.79 Å². The van der Waals surface area contributed by atoms with Gasteiger partial charge in [0, 0.05) is 34.2 Å². The number of hydrogen-bond donors (Lipinski definition) is 2. The van der Waals surface area contributed by atoms with E-state index in [1.165, 1.54) is 18.7 Å². The molecule has 4 heterocycles. The standard InChI is InChI=1S/C21H21N7O2/c1-28-11-16(10-23-28)14-2-3-17-15(8-14)9-19(27-26-17)25-20(29)18-12-30-21(24-18)13-4-6-22-7-5-13/h2-3,8-13,22H,4-7H2,1H3,(H,25,27,29)/i1D3. The molecule has 0 atom stereocenters. The molecule has 152 valence electrons. The molecule has 1 aromatic carbocycles. The molecule has 1 saturated heterocycles. The monoisotopic (exact) mass is 406 g/mol. The van der Waals surface area contributed by atoms with Crippen LogP contribution in [0.25, 0.3) is 22.0 Å². The summed E-state index contributed by atoms with van der Waals surface area (Å²) in [4.78, 5) is 17.0. The predicted molar refractivity (Wildman–Crippen MR) is 111 cm³/mol. The normalized spacial score (nSPS) is 16.7. The van der Waals surface area contributed by atoms with Crippen molar-refractivity contribution in [3.05, 3.63) is 54.5 Å². The number of rotatable bonds is 4. The summed E-state index contributed by atoms with van der Waals surface area (Å²) in [6.07, 6.45) is 6.17. The molecular weight excluding hydrogens is 382 g/mol. The summed E-state index contributed by atoms with van der Waals surface area (Å²) >= 11 is 0. The van der Waals surface area contributed by atoms with Gasteiger partial charge in [-0.05, 0) is 49.7 Å². The lowest BCUT2D eigenvalue weighted by Gasteiger charge is -2.19. The number of nitrogens with zero attached hydrogens (tertiary/aromatic N) is 5. The van der Waals surface area contributed by atoms with E-state index in [0.717, 1.165) is 41.6 Å². The van der Waals surface area contributed by atoms with Crippen molar-refractivity contribution in [3.8, 4) is 11.1 Å². The molecule has 4 aromatic rings. The highest BCUT2D eigenvalue weighted by Crippen LogP contribution is 2.26. The number of hydrogen-bond acceptors (Lipinski definition) is 7. The highest BCUT2D eigenvalue weighted by Gasteiger charge is 2.22. The number of benzene rings is 1. The lowest BCUT2D eigenvalue weighted by atomic mass is 9.98. The lowest BCUT2D eigenvalue weighted by Crippen LogP contribution is -2.26. The van der Waals surface area contributed by atoms with E-state index >= 15 is 0 Å². The van der Waals surface area contributed by atoms with E-state index in [1.807, 2.05) is 12.1 Å². The van der Waals surface area contributed by atoms with Gasteiger partial charge in [-0.2, -0.15) is 5.10 Å². The number of fused-ring (bicyclic) bond motifs is 1. The van der Waals surface area contributed by atoms with Crippen molar-refractivity contribution in [2.24, 2.45) is 6.98 Å². The Balaban J connectivity index is 1.35. The third kappa shape index (κ3) is 3.67. The Kier molecular flexibility index (Phi) is 3.91. The van der Waals surface area contributed by atoms with Gasteiger partial charge in [0.2, 0.25) is 0 Å². The maximum absolute atomic E-state index is 12.7. The first kappa shape index (κ1) is 15.3. The third-order valence-electron chi connectivity index (χ3n) is 5.19. The molecule has 0 bridgehead atoms. The Morgan fingerprint density at radius 3 is 3.00 bits per heavy atom. The molecule has 3 aromatic heterocycles. The Bertz CT molecular complexity index is 1310. The summed E-state index contributed by atoms with van der Waals surface area (Å²) in [6.45, 7) is -0.534. The lowest BCUT2D eigenvalue weighted by molar-refractivity contribution is 0.102. The number of anilines is 1. The summed E-state index contributed by atoms with van der Waals surface area (Å²) in [5, 5.41) is 18.9. The minimum Gasteiger partial charge on any atom is -0.448 e. The third-order valence-corrected chi connectivity index (χ3v) is 5.19. The van der Waals surface area contributed by atoms with Crippen molar-refractivity contribution in [2.45, 2.75) is 18.8 Å². The summed E-state index contributed by atoms with van der Waals surface area (Å²) in [5.41, 5.74) is 2.25. The molecule has 1 fully saturated rings. The second-order valence-electron chi connectivity index (χ2n) is 7.23. The van der Waals surface area contributed by atoms with Gasteiger partial charge in [-0.3, -0.25) is 9.48 Å². The first-order chi connectivity index (χ1) is 15.9. The van der Waals surface area contributed by atoms with Gasteiger partial charge in [-0.15, -0.1) is 10.2 Å². The van der Waals surface area contributed by atoms with Crippen LogP contribution in [0.4, 0.5) is 5.82 Å². The van der Waals surface area contributed by atoms with E-state index in [4.69, 9.17) is 8.53 Å². The smallest absolute Gasteiger partial charge is 0.278 e. The summed E-state index contributed by atoms with van der Waals surface area (Å²) in [6, 6.07) is 7.13. The van der Waals surface area contributed by atoms with Crippen molar-refractivity contribution < 1.29 is 13.3 Å². The molecule has 0 unspecified atom stereocenters. The van der Waals surface area contributed by atoms with E-state index < -0.39 is 12.9 Å². The highest BCUT2D eigenvalue weighted by atomic mass is 16.3. The fourth-order valence-electron chi connectivity index (χ4n) is 3.59. The first-order valence-electron chi connectivity index (χ1n) is 11.2. The molecule has 1 aliphatic heterocycles. The second kappa shape index (κ2) is 7.68. The highest BCUT2D eigenvalue weighted by molar-refractivity contribution is 6.02. The fourth-order valence-corrected chi connectivity index (χ4v) is 3.59. The Hall–Kier alpha value is -3.59. The van der Waals surface area contributed by atoms with Crippen LogP contribution in [0.15, 0.2) is 47.3 Å². The minimum absolute atomic E-state index is 0.191. The van der Waals surface area contributed by atoms with Gasteiger partial charge in [-0.25, -0.2) is 4.98 Å². The van der Waals surface area contributed by atoms with Crippen LogP contribution in [0.5, 0.6) is 0 Å². The Morgan fingerprint density at radius 1 is 1.27 bits per heavy atom. The van der Waals surface area contributed by atoms with Crippen molar-refractivity contribution in [1.82, 2.24) is 30.3 Å². The maximum atomic E-state index is 12.7. The molecule has 5 rings (SSSR count). The van der Waals surface area contributed by atoms with Crippen LogP contribution in [0, 0.1) is 0 Å². The number of amides is 1. The van der Waals surface area contributed by atoms with Gasteiger partial charge in [0.1, 0.15) is 6.26 Å². The number of aromatic nitrogens is 5. The molecule has 30 heavy (non-hydrogen) atoms. The van der Waals surface area contributed by atoms with Gasteiger partial charge < -0.3 is 15.1 Å². The maximum Gasteiger partial charge on any atom is 0.278 e. The van der Waals surface area contributed by atoms with Crippen molar-refractivity contribution in [2.75, 3.05) is 18.4 Å². The topological polar surface area (TPSA) is 111 Å². The Labute approximate surface area is 176 Å². The minimum atomic E-state index is -2.34. The van der Waals surface area contributed by atoms with Crippen molar-refractivity contribution in [3.63, 3.8) is 0 Å². The van der Waals surface area contributed by atoms with Crippen molar-refractivity contribution >= 4 is 22.6 Å². The number of oxazole rings is 1. The van der Waals surface area contributed by atoms with E-state index in [-0.39, 0.29) is 17.4 Å². The van der Waals surface area contributed by atoms with Gasteiger partial charge >= 0.3 is 0 Å². The number of piperidine rings is 1. The number of carbonyl (C=O) groups excluding carboxylic acids is 1. The molecule has 0 spiro atoms. The zero-order chi connectivity index (χ0) is 23.0. The van der Waals surface area contributed by atoms with Gasteiger partial charge in [-0.1, -0.05) is 6.07 Å². The van der Waals surface area contributed by atoms with E-state index in [2.05, 4.69) is 30.9 Å². The van der Waals surface area contributed by atoms with E-state index in [1.54, 1.807) is 12.1 Å². The number of carbonyl (C=O) groups is 1. The molecule has 1 amide bonds. The summed E-state index contributed by atoms with van der Waals surface area (Å²) in [7, 11) is 0. The van der Waals surface area contributed by atoms with Gasteiger partial charge in [0.15, 0.2) is 17.4 Å². The van der Waals surface area contributed by atoms with Crippen LogP contribution in [-0.4, -0.2) is 44.0 Å². The molecule has 2 N–H and O–H groups in total. The molecule has 1 aliphatic rings. The number of aryl methyl sites for hydroxylation is 1. The Morgan fingerprint density at radius 2 is 2.17 bits per heavy atom. The molecule has 0 saturated carbocycles. The molecule has 0 radical (unpaired) electrons. The van der Waals surface area contributed by atoms with Crippen LogP contribution >= 0.6 is 0 Å². The fraction of sp³-hybridized carbons (Fsp3) is 0.286. The average molecular weight is 406 g/mol. The van der Waals surface area contributed by atoms with Crippen molar-refractivity contribution in [1.29, 1.82) is 0 Å². The van der Waals surface area contributed by atoms with E-state index in [0.29, 0.717) is 17.0 Å². The van der Waals surface area contributed by atoms with Gasteiger partial charge in [0.05, 0.1) is 11.7 Å².